The maximum atomic E-state index is 12.7. The molecular formula is C16H18N6O4S. The lowest BCUT2D eigenvalue weighted by Crippen LogP contribution is -2.16. The topological polar surface area (TPSA) is 132 Å². The summed E-state index contributed by atoms with van der Waals surface area (Å²) in [5, 5.41) is 4.39. The Kier molecular flexibility index (Phi) is 4.95. The van der Waals surface area contributed by atoms with E-state index in [1.165, 1.54) is 36.4 Å². The smallest absolute Gasteiger partial charge is 0.354 e. The van der Waals surface area contributed by atoms with Gasteiger partial charge in [-0.15, -0.1) is 0 Å². The van der Waals surface area contributed by atoms with Crippen LogP contribution in [0.15, 0.2) is 41.7 Å². The van der Waals surface area contributed by atoms with Gasteiger partial charge < -0.3 is 9.72 Å². The highest BCUT2D eigenvalue weighted by Crippen LogP contribution is 2.23. The van der Waals surface area contributed by atoms with Crippen molar-refractivity contribution in [3.63, 3.8) is 0 Å². The fraction of sp³-hybridized carbons (Fsp3) is 0.250. The minimum absolute atomic E-state index is 0.0284. The number of rotatable bonds is 6. The molecule has 0 saturated carbocycles. The normalized spacial score (nSPS) is 11.6. The van der Waals surface area contributed by atoms with Crippen LogP contribution in [0.2, 0.25) is 0 Å². The molecule has 0 saturated heterocycles. The monoisotopic (exact) mass is 390 g/mol. The number of aromatic nitrogens is 5. The van der Waals surface area contributed by atoms with Crippen molar-refractivity contribution >= 4 is 21.8 Å². The summed E-state index contributed by atoms with van der Waals surface area (Å²) in [6.07, 6.45) is 4.27. The molecule has 0 spiro atoms. The van der Waals surface area contributed by atoms with Gasteiger partial charge in [0.1, 0.15) is 16.4 Å². The van der Waals surface area contributed by atoms with Gasteiger partial charge in [-0.25, -0.2) is 23.2 Å². The maximum Gasteiger partial charge on any atom is 0.354 e. The third kappa shape index (κ3) is 3.82. The van der Waals surface area contributed by atoms with Gasteiger partial charge in [0.15, 0.2) is 0 Å². The average Bonchev–Trinajstić information content (AvgIpc) is 3.29. The SMILES string of the molecule is COC(=O)c1cc(S(=O)(=O)Nc2cc(C(C)C)nn2-c2ncccn2)c[nH]1. The standard InChI is InChI=1S/C16H18N6O4S/c1-10(2)12-8-14(22(20-12)16-17-5-4-6-18-16)21-27(24,25)11-7-13(19-9-11)15(23)26-3/h4-10,19,21H,1-3H3. The van der Waals surface area contributed by atoms with Gasteiger partial charge in [0.2, 0.25) is 0 Å². The molecule has 3 rings (SSSR count). The van der Waals surface area contributed by atoms with Gasteiger partial charge in [0.25, 0.3) is 16.0 Å². The summed E-state index contributed by atoms with van der Waals surface area (Å²) in [5.74, 6) is -0.185. The first-order valence-electron chi connectivity index (χ1n) is 7.98. The van der Waals surface area contributed by atoms with E-state index in [1.54, 1.807) is 12.1 Å². The molecule has 11 heteroatoms. The average molecular weight is 390 g/mol. The molecule has 0 amide bonds. The molecule has 0 aliphatic rings. The fourth-order valence-electron chi connectivity index (χ4n) is 2.26. The van der Waals surface area contributed by atoms with E-state index in [2.05, 4.69) is 29.5 Å². The predicted octanol–water partition coefficient (Wildman–Crippen LogP) is 1.70. The maximum absolute atomic E-state index is 12.7. The number of nitrogens with one attached hydrogen (secondary N) is 2. The highest BCUT2D eigenvalue weighted by atomic mass is 32.2. The van der Waals surface area contributed by atoms with Crippen LogP contribution in [0.5, 0.6) is 0 Å². The minimum Gasteiger partial charge on any atom is -0.464 e. The van der Waals surface area contributed by atoms with Crippen molar-refractivity contribution in [1.82, 2.24) is 24.7 Å². The lowest BCUT2D eigenvalue weighted by Gasteiger charge is -2.08. The number of carbonyl (C=O) groups is 1. The van der Waals surface area contributed by atoms with Gasteiger partial charge >= 0.3 is 5.97 Å². The van der Waals surface area contributed by atoms with Crippen molar-refractivity contribution in [2.24, 2.45) is 0 Å². The van der Waals surface area contributed by atoms with Crippen molar-refractivity contribution in [2.75, 3.05) is 11.8 Å². The van der Waals surface area contributed by atoms with E-state index in [0.29, 0.717) is 5.69 Å². The fourth-order valence-corrected chi connectivity index (χ4v) is 3.29. The van der Waals surface area contributed by atoms with Crippen molar-refractivity contribution in [1.29, 1.82) is 0 Å². The molecule has 0 aromatic carbocycles. The van der Waals surface area contributed by atoms with Crippen LogP contribution in [-0.4, -0.2) is 46.2 Å². The van der Waals surface area contributed by atoms with E-state index < -0.39 is 16.0 Å². The molecule has 2 N–H and O–H groups in total. The number of sulfonamides is 1. The lowest BCUT2D eigenvalue weighted by atomic mass is 10.1. The Bertz CT molecular complexity index is 1060. The molecule has 0 unspecified atom stereocenters. The zero-order valence-electron chi connectivity index (χ0n) is 14.9. The van der Waals surface area contributed by atoms with E-state index >= 15 is 0 Å². The first-order valence-corrected chi connectivity index (χ1v) is 9.47. The van der Waals surface area contributed by atoms with E-state index in [-0.39, 0.29) is 28.3 Å². The number of carbonyl (C=O) groups excluding carboxylic acids is 1. The predicted molar refractivity (Wildman–Crippen MR) is 96.2 cm³/mol. The van der Waals surface area contributed by atoms with E-state index in [4.69, 9.17) is 0 Å². The van der Waals surface area contributed by atoms with Crippen LogP contribution in [0.4, 0.5) is 5.82 Å². The number of hydrogen-bond donors (Lipinski definition) is 2. The summed E-state index contributed by atoms with van der Waals surface area (Å²) in [6.45, 7) is 3.87. The number of nitrogens with zero attached hydrogens (tertiary/aromatic N) is 4. The summed E-state index contributed by atoms with van der Waals surface area (Å²) in [5.41, 5.74) is 0.699. The summed E-state index contributed by atoms with van der Waals surface area (Å²) in [6, 6.07) is 4.46. The van der Waals surface area contributed by atoms with Crippen LogP contribution in [0.25, 0.3) is 5.95 Å². The Morgan fingerprint density at radius 1 is 1.26 bits per heavy atom. The van der Waals surface area contributed by atoms with Crippen molar-refractivity contribution in [2.45, 2.75) is 24.7 Å². The Balaban J connectivity index is 1.99. The Hall–Kier alpha value is -3.21. The third-order valence-electron chi connectivity index (χ3n) is 3.67. The Morgan fingerprint density at radius 2 is 1.96 bits per heavy atom. The van der Waals surface area contributed by atoms with Gasteiger partial charge in [-0.3, -0.25) is 4.72 Å². The van der Waals surface area contributed by atoms with Crippen LogP contribution in [0, 0.1) is 0 Å². The number of aromatic amines is 1. The first-order chi connectivity index (χ1) is 12.8. The zero-order chi connectivity index (χ0) is 19.6. The summed E-state index contributed by atoms with van der Waals surface area (Å²) in [7, 11) is -2.77. The van der Waals surface area contributed by atoms with E-state index in [0.717, 1.165) is 0 Å². The highest BCUT2D eigenvalue weighted by Gasteiger charge is 2.23. The summed E-state index contributed by atoms with van der Waals surface area (Å²) < 4.78 is 33.8. The molecule has 3 heterocycles. The van der Waals surface area contributed by atoms with Crippen LogP contribution in [-0.2, 0) is 14.8 Å². The molecule has 27 heavy (non-hydrogen) atoms. The molecule has 3 aromatic heterocycles. The number of H-pyrrole nitrogens is 1. The molecule has 0 bridgehead atoms. The van der Waals surface area contributed by atoms with Gasteiger partial charge in [0, 0.05) is 24.7 Å². The number of esters is 1. The number of ether oxygens (including phenoxy) is 1. The summed E-state index contributed by atoms with van der Waals surface area (Å²) in [4.78, 5) is 22.2. The lowest BCUT2D eigenvalue weighted by molar-refractivity contribution is 0.0594. The molecule has 0 fully saturated rings. The van der Waals surface area contributed by atoms with Crippen LogP contribution < -0.4 is 4.72 Å². The molecule has 0 aliphatic heterocycles. The Labute approximate surface area is 155 Å². The number of anilines is 1. The molecular weight excluding hydrogens is 372 g/mol. The van der Waals surface area contributed by atoms with Gasteiger partial charge in [-0.1, -0.05) is 13.8 Å². The Morgan fingerprint density at radius 3 is 2.59 bits per heavy atom. The first kappa shape index (κ1) is 18.6. The number of hydrogen-bond acceptors (Lipinski definition) is 7. The molecule has 3 aromatic rings. The molecule has 10 nitrogen and oxygen atoms in total. The second-order valence-corrected chi connectivity index (χ2v) is 7.60. The van der Waals surface area contributed by atoms with Crippen LogP contribution in [0.3, 0.4) is 0 Å². The van der Waals surface area contributed by atoms with Crippen molar-refractivity contribution in [3.8, 4) is 5.95 Å². The minimum atomic E-state index is -3.98. The van der Waals surface area contributed by atoms with E-state index in [9.17, 15) is 13.2 Å². The van der Waals surface area contributed by atoms with Gasteiger partial charge in [-0.2, -0.15) is 9.78 Å². The van der Waals surface area contributed by atoms with Crippen LogP contribution in [0.1, 0.15) is 35.9 Å². The van der Waals surface area contributed by atoms with E-state index in [1.807, 2.05) is 13.8 Å². The quantitative estimate of drug-likeness (QED) is 0.612. The third-order valence-corrected chi connectivity index (χ3v) is 5.01. The molecule has 142 valence electrons. The van der Waals surface area contributed by atoms with Crippen LogP contribution >= 0.6 is 0 Å². The molecule has 0 atom stereocenters. The van der Waals surface area contributed by atoms with Gasteiger partial charge in [0.05, 0.1) is 12.8 Å². The second kappa shape index (κ2) is 7.19. The summed E-state index contributed by atoms with van der Waals surface area (Å²) >= 11 is 0. The zero-order valence-corrected chi connectivity index (χ0v) is 15.7. The molecule has 0 radical (unpaired) electrons. The largest absolute Gasteiger partial charge is 0.464 e. The second-order valence-electron chi connectivity index (χ2n) is 5.92. The van der Waals surface area contributed by atoms with Crippen molar-refractivity contribution < 1.29 is 17.9 Å². The molecule has 0 aliphatic carbocycles. The highest BCUT2D eigenvalue weighted by molar-refractivity contribution is 7.92. The number of methoxy groups -OCH3 is 1. The van der Waals surface area contributed by atoms with Crippen molar-refractivity contribution in [3.05, 3.63) is 48.2 Å². The van der Waals surface area contributed by atoms with Gasteiger partial charge in [-0.05, 0) is 18.1 Å².